The van der Waals surface area contributed by atoms with E-state index in [0.717, 1.165) is 0 Å². The van der Waals surface area contributed by atoms with E-state index in [-0.39, 0.29) is 18.7 Å². The van der Waals surface area contributed by atoms with Crippen molar-refractivity contribution in [1.29, 1.82) is 0 Å². The summed E-state index contributed by atoms with van der Waals surface area (Å²) in [6, 6.07) is -0.598. The predicted octanol–water partition coefficient (Wildman–Crippen LogP) is -0.887. The Morgan fingerprint density at radius 2 is 2.27 bits per heavy atom. The average Bonchev–Trinajstić information content (AvgIpc) is 1.86. The topological polar surface area (TPSA) is 72.6 Å². The van der Waals surface area contributed by atoms with Crippen molar-refractivity contribution in [2.45, 2.75) is 19.1 Å². The van der Waals surface area contributed by atoms with Gasteiger partial charge in [0.2, 0.25) is 0 Å². The molecule has 0 aliphatic rings. The molecule has 5 heteroatoms. The third-order valence-corrected chi connectivity index (χ3v) is 1.45. The molecule has 3 atom stereocenters. The molecular weight excluding hydrogens is 165 g/mol. The molecule has 0 aliphatic carbocycles. The minimum absolute atomic E-state index is 0.160. The largest absolute Gasteiger partial charge is 0.391 e. The summed E-state index contributed by atoms with van der Waals surface area (Å²) in [6.07, 6.45) is -0.512. The van der Waals surface area contributed by atoms with Crippen molar-refractivity contribution < 1.29 is 14.6 Å². The summed E-state index contributed by atoms with van der Waals surface area (Å²) in [5.74, 6) is 0. The highest BCUT2D eigenvalue weighted by Crippen LogP contribution is 1.92. The minimum Gasteiger partial charge on any atom is -0.391 e. The lowest BCUT2D eigenvalue weighted by Crippen LogP contribution is -2.32. The molecule has 0 rings (SSSR count). The number of aliphatic hydroxyl groups excluding tert-OH is 1. The molecule has 0 aromatic carbocycles. The van der Waals surface area contributed by atoms with Crippen LogP contribution < -0.4 is 5.73 Å². The van der Waals surface area contributed by atoms with E-state index in [1.54, 1.807) is 6.92 Å². The van der Waals surface area contributed by atoms with Gasteiger partial charge in [-0.05, 0) is 6.92 Å². The summed E-state index contributed by atoms with van der Waals surface area (Å²) in [7, 11) is 1.99. The maximum Gasteiger partial charge on any atom is 0.167 e. The van der Waals surface area contributed by atoms with Crippen molar-refractivity contribution in [3.63, 3.8) is 0 Å². The van der Waals surface area contributed by atoms with Gasteiger partial charge in [-0.2, -0.15) is 0 Å². The summed E-state index contributed by atoms with van der Waals surface area (Å²) < 4.78 is 4.91. The lowest BCUT2D eigenvalue weighted by molar-refractivity contribution is -0.113. The van der Waals surface area contributed by atoms with Crippen LogP contribution in [0.5, 0.6) is 0 Å². The number of carbonyl (C=O) groups excluding carboxylic acids is 1. The van der Waals surface area contributed by atoms with Gasteiger partial charge in [0.1, 0.15) is 0 Å². The predicted molar refractivity (Wildman–Crippen MR) is 45.2 cm³/mol. The molecule has 0 radical (unpaired) electrons. The normalized spacial score (nSPS) is 16.0. The molecule has 4 nitrogen and oxygen atoms in total. The highest BCUT2D eigenvalue weighted by molar-refractivity contribution is 7.40. The molecule has 0 aromatic heterocycles. The van der Waals surface area contributed by atoms with Gasteiger partial charge in [0.15, 0.2) is 5.52 Å². The Morgan fingerprint density at radius 3 is 2.64 bits per heavy atom. The van der Waals surface area contributed by atoms with Gasteiger partial charge in [-0.3, -0.25) is 4.79 Å². The van der Waals surface area contributed by atoms with E-state index in [1.807, 2.05) is 9.24 Å². The SMILES string of the molecule is CC(O)COC[C@H](N)C(=O)P. The molecule has 0 spiro atoms. The summed E-state index contributed by atoms with van der Waals surface area (Å²) in [6.45, 7) is 1.98. The smallest absolute Gasteiger partial charge is 0.167 e. The lowest BCUT2D eigenvalue weighted by Gasteiger charge is -2.09. The lowest BCUT2D eigenvalue weighted by atomic mass is 10.4. The highest BCUT2D eigenvalue weighted by Gasteiger charge is 2.07. The van der Waals surface area contributed by atoms with Crippen molar-refractivity contribution in [2.24, 2.45) is 5.73 Å². The van der Waals surface area contributed by atoms with Crippen LogP contribution in [0.1, 0.15) is 6.92 Å². The monoisotopic (exact) mass is 179 g/mol. The average molecular weight is 179 g/mol. The zero-order chi connectivity index (χ0) is 8.85. The molecular formula is C6H14NO3P. The molecule has 3 N–H and O–H groups in total. The van der Waals surface area contributed by atoms with E-state index in [4.69, 9.17) is 15.6 Å². The van der Waals surface area contributed by atoms with Crippen LogP contribution in [0, 0.1) is 0 Å². The molecule has 0 amide bonds. The molecule has 0 aromatic rings. The Hall–Kier alpha value is -0.0200. The Morgan fingerprint density at radius 1 is 1.73 bits per heavy atom. The number of aliphatic hydroxyl groups is 1. The first kappa shape index (κ1) is 11.0. The first-order chi connectivity index (χ1) is 5.04. The number of rotatable bonds is 5. The van der Waals surface area contributed by atoms with E-state index in [9.17, 15) is 4.79 Å². The third-order valence-electron chi connectivity index (χ3n) is 1.02. The van der Waals surface area contributed by atoms with Gasteiger partial charge in [-0.25, -0.2) is 0 Å². The number of hydrogen-bond acceptors (Lipinski definition) is 4. The van der Waals surface area contributed by atoms with Crippen LogP contribution in [0.25, 0.3) is 0 Å². The van der Waals surface area contributed by atoms with Gasteiger partial charge in [0.25, 0.3) is 0 Å². The van der Waals surface area contributed by atoms with Gasteiger partial charge in [-0.1, -0.05) is 9.24 Å². The van der Waals surface area contributed by atoms with Crippen LogP contribution >= 0.6 is 9.24 Å². The van der Waals surface area contributed by atoms with Crippen LogP contribution in [-0.4, -0.2) is 36.0 Å². The molecule has 0 bridgehead atoms. The van der Waals surface area contributed by atoms with E-state index in [2.05, 4.69) is 0 Å². The third kappa shape index (κ3) is 6.38. The zero-order valence-electron chi connectivity index (χ0n) is 6.49. The molecule has 0 aliphatic heterocycles. The maximum absolute atomic E-state index is 10.5. The number of ether oxygens (including phenoxy) is 1. The molecule has 0 saturated heterocycles. The number of nitrogens with two attached hydrogens (primary N) is 1. The van der Waals surface area contributed by atoms with Crippen LogP contribution in [0.4, 0.5) is 0 Å². The summed E-state index contributed by atoms with van der Waals surface area (Å²) in [4.78, 5) is 10.5. The minimum atomic E-state index is -0.598. The Bertz CT molecular complexity index is 129. The van der Waals surface area contributed by atoms with Crippen LogP contribution in [0.15, 0.2) is 0 Å². The molecule has 11 heavy (non-hydrogen) atoms. The first-order valence-electron chi connectivity index (χ1n) is 3.34. The first-order valence-corrected chi connectivity index (χ1v) is 3.92. The summed E-state index contributed by atoms with van der Waals surface area (Å²) in [5.41, 5.74) is 5.14. The van der Waals surface area contributed by atoms with Crippen molar-refractivity contribution >= 4 is 14.8 Å². The van der Waals surface area contributed by atoms with E-state index in [1.165, 1.54) is 0 Å². The van der Waals surface area contributed by atoms with Crippen molar-refractivity contribution in [2.75, 3.05) is 13.2 Å². The van der Waals surface area contributed by atoms with Gasteiger partial charge in [0, 0.05) is 0 Å². The van der Waals surface area contributed by atoms with Gasteiger partial charge in [0.05, 0.1) is 25.4 Å². The molecule has 0 fully saturated rings. The Balaban J connectivity index is 3.31. The Labute approximate surface area is 68.3 Å². The molecule has 0 saturated carbocycles. The maximum atomic E-state index is 10.5. The van der Waals surface area contributed by atoms with Crippen LogP contribution in [0.2, 0.25) is 0 Å². The molecule has 2 unspecified atom stereocenters. The number of carbonyl (C=O) groups is 1. The van der Waals surface area contributed by atoms with Gasteiger partial charge < -0.3 is 15.6 Å². The Kier molecular flexibility index (Phi) is 5.60. The molecule has 66 valence electrons. The van der Waals surface area contributed by atoms with Gasteiger partial charge >= 0.3 is 0 Å². The van der Waals surface area contributed by atoms with Crippen LogP contribution in [0.3, 0.4) is 0 Å². The van der Waals surface area contributed by atoms with Crippen molar-refractivity contribution in [3.8, 4) is 0 Å². The van der Waals surface area contributed by atoms with Crippen molar-refractivity contribution in [1.82, 2.24) is 0 Å². The second-order valence-electron chi connectivity index (χ2n) is 2.40. The number of hydrogen-bond donors (Lipinski definition) is 2. The van der Waals surface area contributed by atoms with E-state index >= 15 is 0 Å². The summed E-state index contributed by atoms with van der Waals surface area (Å²) >= 11 is 0. The fraction of sp³-hybridized carbons (Fsp3) is 0.833. The standard InChI is InChI=1S/C6H14NO3P/c1-4(8)2-10-3-5(7)6(9)11/h4-5,8H,2-3,7,11H2,1H3/t4?,5-/m0/s1. The second kappa shape index (κ2) is 5.61. The van der Waals surface area contributed by atoms with Crippen LogP contribution in [-0.2, 0) is 9.53 Å². The fourth-order valence-electron chi connectivity index (χ4n) is 0.448. The highest BCUT2D eigenvalue weighted by atomic mass is 31.0. The van der Waals surface area contributed by atoms with Crippen molar-refractivity contribution in [3.05, 3.63) is 0 Å². The summed E-state index contributed by atoms with van der Waals surface area (Å²) in [5, 5.41) is 8.75. The fourth-order valence-corrected chi connectivity index (χ4v) is 0.544. The second-order valence-corrected chi connectivity index (χ2v) is 2.96. The quantitative estimate of drug-likeness (QED) is 0.537. The van der Waals surface area contributed by atoms with E-state index < -0.39 is 12.1 Å². The zero-order valence-corrected chi connectivity index (χ0v) is 7.64. The van der Waals surface area contributed by atoms with E-state index in [0.29, 0.717) is 0 Å². The molecule has 0 heterocycles. The van der Waals surface area contributed by atoms with Gasteiger partial charge in [-0.15, -0.1) is 0 Å².